The molecule has 2 rings (SSSR count). The Morgan fingerprint density at radius 3 is 2.41 bits per heavy atom. The lowest BCUT2D eigenvalue weighted by molar-refractivity contribution is -0.122. The highest BCUT2D eigenvalue weighted by Gasteiger charge is 2.22. The highest BCUT2D eigenvalue weighted by atomic mass is 32.2. The minimum atomic E-state index is -3.71. The minimum Gasteiger partial charge on any atom is -0.348 e. The second-order valence-electron chi connectivity index (χ2n) is 5.99. The maximum Gasteiger partial charge on any atom is 0.251 e. The molecule has 1 N–H and O–H groups in total. The van der Waals surface area contributed by atoms with E-state index in [1.807, 2.05) is 6.92 Å². The van der Waals surface area contributed by atoms with Crippen LogP contribution >= 0.6 is 0 Å². The topological polar surface area (TPSA) is 101 Å². The van der Waals surface area contributed by atoms with Crippen LogP contribution in [0.1, 0.15) is 32.4 Å². The molecule has 27 heavy (non-hydrogen) atoms. The first-order chi connectivity index (χ1) is 12.8. The van der Waals surface area contributed by atoms with Crippen molar-refractivity contribution < 1.29 is 13.2 Å². The molecule has 0 radical (unpaired) electrons. The van der Waals surface area contributed by atoms with Crippen molar-refractivity contribution in [3.63, 3.8) is 0 Å². The zero-order chi connectivity index (χ0) is 20.0. The zero-order valence-corrected chi connectivity index (χ0v) is 16.4. The third-order valence-electron chi connectivity index (χ3n) is 4.20. The summed E-state index contributed by atoms with van der Waals surface area (Å²) >= 11 is 0. The van der Waals surface area contributed by atoms with Crippen LogP contribution in [0, 0.1) is 0 Å². The van der Waals surface area contributed by atoms with Crippen LogP contribution in [-0.2, 0) is 21.4 Å². The molecular formula is C18H24N4O4S. The normalized spacial score (nSPS) is 12.7. The summed E-state index contributed by atoms with van der Waals surface area (Å²) in [6, 6.07) is 5.74. The average Bonchev–Trinajstić information content (AvgIpc) is 2.64. The largest absolute Gasteiger partial charge is 0.348 e. The van der Waals surface area contributed by atoms with Crippen molar-refractivity contribution in [3.8, 4) is 0 Å². The van der Waals surface area contributed by atoms with E-state index in [2.05, 4.69) is 10.3 Å². The van der Waals surface area contributed by atoms with E-state index in [1.54, 1.807) is 38.4 Å². The molecule has 0 aliphatic carbocycles. The van der Waals surface area contributed by atoms with E-state index in [9.17, 15) is 18.0 Å². The highest BCUT2D eigenvalue weighted by molar-refractivity contribution is 7.89. The van der Waals surface area contributed by atoms with Crippen LogP contribution in [0.25, 0.3) is 0 Å². The first-order valence-corrected chi connectivity index (χ1v) is 10.1. The van der Waals surface area contributed by atoms with E-state index in [1.165, 1.54) is 16.6 Å². The number of pyridine rings is 2. The number of carbonyl (C=O) groups is 1. The van der Waals surface area contributed by atoms with Crippen LogP contribution in [0.4, 0.5) is 0 Å². The van der Waals surface area contributed by atoms with Crippen molar-refractivity contribution in [1.29, 1.82) is 0 Å². The number of carbonyl (C=O) groups excluding carboxylic acids is 1. The van der Waals surface area contributed by atoms with Gasteiger partial charge in [0.05, 0.1) is 10.9 Å². The fraction of sp³-hybridized carbons (Fsp3) is 0.389. The van der Waals surface area contributed by atoms with E-state index in [-0.39, 0.29) is 17.5 Å². The molecule has 2 heterocycles. The Kier molecular flexibility index (Phi) is 6.86. The fourth-order valence-corrected chi connectivity index (χ4v) is 4.15. The van der Waals surface area contributed by atoms with E-state index in [4.69, 9.17) is 0 Å². The first kappa shape index (κ1) is 20.8. The summed E-state index contributed by atoms with van der Waals surface area (Å²) in [4.78, 5) is 28.3. The molecule has 146 valence electrons. The molecule has 1 unspecified atom stereocenters. The predicted molar refractivity (Wildman–Crippen MR) is 102 cm³/mol. The average molecular weight is 392 g/mol. The van der Waals surface area contributed by atoms with Crippen LogP contribution in [0.3, 0.4) is 0 Å². The summed E-state index contributed by atoms with van der Waals surface area (Å²) in [5.74, 6) is -0.390. The lowest BCUT2D eigenvalue weighted by Gasteiger charge is -2.19. The number of rotatable bonds is 8. The van der Waals surface area contributed by atoms with Crippen LogP contribution in [0.5, 0.6) is 0 Å². The molecule has 0 aliphatic rings. The van der Waals surface area contributed by atoms with Crippen LogP contribution in [0.2, 0.25) is 0 Å². The Morgan fingerprint density at radius 1 is 1.19 bits per heavy atom. The van der Waals surface area contributed by atoms with Crippen molar-refractivity contribution in [2.75, 3.05) is 13.1 Å². The first-order valence-electron chi connectivity index (χ1n) is 8.69. The van der Waals surface area contributed by atoms with Gasteiger partial charge in [0.1, 0.15) is 6.54 Å². The van der Waals surface area contributed by atoms with Crippen molar-refractivity contribution in [2.45, 2.75) is 38.3 Å². The van der Waals surface area contributed by atoms with E-state index in [0.717, 1.165) is 16.2 Å². The summed E-state index contributed by atoms with van der Waals surface area (Å²) < 4.78 is 27.6. The minimum absolute atomic E-state index is 0.0132. The zero-order valence-electron chi connectivity index (χ0n) is 15.6. The Labute approximate surface area is 158 Å². The maximum absolute atomic E-state index is 12.6. The molecule has 0 fully saturated rings. The lowest BCUT2D eigenvalue weighted by atomic mass is 10.1. The third kappa shape index (κ3) is 5.01. The van der Waals surface area contributed by atoms with Gasteiger partial charge in [0.25, 0.3) is 5.56 Å². The smallest absolute Gasteiger partial charge is 0.251 e. The second kappa shape index (κ2) is 8.92. The van der Waals surface area contributed by atoms with Crippen LogP contribution in [0.15, 0.2) is 52.5 Å². The van der Waals surface area contributed by atoms with Crippen molar-refractivity contribution in [2.24, 2.45) is 0 Å². The molecular weight excluding hydrogens is 368 g/mol. The Bertz CT molecular complexity index is 937. The predicted octanol–water partition coefficient (Wildman–Crippen LogP) is 1.15. The van der Waals surface area contributed by atoms with Crippen molar-refractivity contribution in [3.05, 3.63) is 58.8 Å². The number of nitrogens with zero attached hydrogens (tertiary/aromatic N) is 3. The summed E-state index contributed by atoms with van der Waals surface area (Å²) in [6.45, 7) is 5.67. The fourth-order valence-electron chi connectivity index (χ4n) is 2.68. The van der Waals surface area contributed by atoms with Crippen LogP contribution < -0.4 is 10.9 Å². The van der Waals surface area contributed by atoms with E-state index >= 15 is 0 Å². The maximum atomic E-state index is 12.6. The van der Waals surface area contributed by atoms with E-state index in [0.29, 0.717) is 13.1 Å². The molecule has 2 aromatic rings. The lowest BCUT2D eigenvalue weighted by Crippen LogP contribution is -2.35. The van der Waals surface area contributed by atoms with Gasteiger partial charge in [-0.05, 0) is 30.7 Å². The second-order valence-corrected chi connectivity index (χ2v) is 7.93. The number of hydrogen-bond acceptors (Lipinski definition) is 5. The molecule has 8 nitrogen and oxygen atoms in total. The Hall–Kier alpha value is -2.52. The molecule has 0 spiro atoms. The summed E-state index contributed by atoms with van der Waals surface area (Å²) in [5, 5.41) is 2.79. The van der Waals surface area contributed by atoms with Gasteiger partial charge in [0.15, 0.2) is 0 Å². The van der Waals surface area contributed by atoms with Gasteiger partial charge in [-0.15, -0.1) is 0 Å². The van der Waals surface area contributed by atoms with Gasteiger partial charge in [-0.25, -0.2) is 8.42 Å². The molecule has 1 atom stereocenters. The third-order valence-corrected chi connectivity index (χ3v) is 6.23. The van der Waals surface area contributed by atoms with Gasteiger partial charge in [-0.3, -0.25) is 14.6 Å². The van der Waals surface area contributed by atoms with Gasteiger partial charge in [0.2, 0.25) is 15.9 Å². The Morgan fingerprint density at radius 2 is 1.81 bits per heavy atom. The van der Waals surface area contributed by atoms with Gasteiger partial charge < -0.3 is 9.88 Å². The van der Waals surface area contributed by atoms with Gasteiger partial charge in [0, 0.05) is 37.7 Å². The van der Waals surface area contributed by atoms with Crippen molar-refractivity contribution >= 4 is 15.9 Å². The number of sulfonamides is 1. The molecule has 0 saturated heterocycles. The molecule has 0 aliphatic heterocycles. The summed E-state index contributed by atoms with van der Waals surface area (Å²) in [7, 11) is -3.71. The summed E-state index contributed by atoms with van der Waals surface area (Å²) in [6.07, 6.45) is 4.47. The summed E-state index contributed by atoms with van der Waals surface area (Å²) in [5.41, 5.74) is 0.434. The molecule has 0 aromatic carbocycles. The number of aromatic nitrogens is 2. The van der Waals surface area contributed by atoms with Gasteiger partial charge >= 0.3 is 0 Å². The highest BCUT2D eigenvalue weighted by Crippen LogP contribution is 2.14. The monoisotopic (exact) mass is 392 g/mol. The molecule has 0 bridgehead atoms. The SMILES string of the molecule is CCN(CC)S(=O)(=O)c1ccc(=O)n(CC(=O)NC(C)c2ccncc2)c1. The van der Waals surface area contributed by atoms with Crippen LogP contribution in [-0.4, -0.2) is 41.3 Å². The number of nitrogens with one attached hydrogen (secondary N) is 1. The molecule has 1 amide bonds. The Balaban J connectivity index is 2.19. The van der Waals surface area contributed by atoms with Crippen molar-refractivity contribution in [1.82, 2.24) is 19.2 Å². The number of amides is 1. The van der Waals surface area contributed by atoms with Gasteiger partial charge in [-0.2, -0.15) is 4.31 Å². The standard InChI is InChI=1S/C18H24N4O4S/c1-4-22(5-2)27(25,26)16-6-7-18(24)21(12-16)13-17(23)20-14(3)15-8-10-19-11-9-15/h6-12,14H,4-5,13H2,1-3H3,(H,20,23). The van der Waals surface area contributed by atoms with E-state index < -0.39 is 21.5 Å². The molecule has 2 aromatic heterocycles. The number of hydrogen-bond donors (Lipinski definition) is 1. The molecule has 9 heteroatoms. The quantitative estimate of drug-likeness (QED) is 0.726. The van der Waals surface area contributed by atoms with Gasteiger partial charge in [-0.1, -0.05) is 13.8 Å². The molecule has 0 saturated carbocycles.